The first kappa shape index (κ1) is 18.4. The van der Waals surface area contributed by atoms with Gasteiger partial charge in [0, 0.05) is 11.3 Å². The summed E-state index contributed by atoms with van der Waals surface area (Å²) in [5.74, 6) is 1.44. The Kier molecular flexibility index (Phi) is 4.96. The number of carbonyl (C=O) groups is 1. The molecule has 6 nitrogen and oxygen atoms in total. The highest BCUT2D eigenvalue weighted by Crippen LogP contribution is 2.36. The van der Waals surface area contributed by atoms with Crippen molar-refractivity contribution in [3.63, 3.8) is 0 Å². The van der Waals surface area contributed by atoms with Crippen LogP contribution in [-0.4, -0.2) is 46.1 Å². The Morgan fingerprint density at radius 3 is 2.54 bits per heavy atom. The highest BCUT2D eigenvalue weighted by molar-refractivity contribution is 5.99. The maximum absolute atomic E-state index is 13.5. The van der Waals surface area contributed by atoms with Gasteiger partial charge in [-0.15, -0.1) is 0 Å². The second kappa shape index (κ2) is 7.56. The lowest BCUT2D eigenvalue weighted by Gasteiger charge is -2.39. The van der Waals surface area contributed by atoms with E-state index in [-0.39, 0.29) is 5.91 Å². The number of aromatic nitrogens is 3. The van der Waals surface area contributed by atoms with Crippen LogP contribution in [0.4, 0.5) is 5.69 Å². The SMILES string of the molecule is Cc1nc(-c2cccc(NC(=O)C3(c4ccccc4)CCN(C)CC3)c2)n[nH]1. The Morgan fingerprint density at radius 2 is 1.86 bits per heavy atom. The zero-order valence-corrected chi connectivity index (χ0v) is 16.3. The lowest BCUT2D eigenvalue weighted by atomic mass is 9.72. The van der Waals surface area contributed by atoms with Crippen LogP contribution in [0.2, 0.25) is 0 Å². The molecule has 0 spiro atoms. The number of aryl methyl sites for hydroxylation is 1. The molecule has 1 aliphatic rings. The van der Waals surface area contributed by atoms with Crippen LogP contribution in [0.1, 0.15) is 24.2 Å². The number of aromatic amines is 1. The van der Waals surface area contributed by atoms with E-state index in [2.05, 4.69) is 44.6 Å². The highest BCUT2D eigenvalue weighted by Gasteiger charge is 2.42. The molecule has 1 amide bonds. The van der Waals surface area contributed by atoms with Gasteiger partial charge in [-0.2, -0.15) is 5.10 Å². The minimum absolute atomic E-state index is 0.0510. The normalized spacial score (nSPS) is 16.6. The van der Waals surface area contributed by atoms with Gasteiger partial charge in [-0.3, -0.25) is 9.89 Å². The number of nitrogens with one attached hydrogen (secondary N) is 2. The Bertz CT molecular complexity index is 958. The Morgan fingerprint density at radius 1 is 1.11 bits per heavy atom. The molecule has 2 heterocycles. The standard InChI is InChI=1S/C22H25N5O/c1-16-23-20(26-25-16)17-7-6-10-19(15-17)24-21(28)22(11-13-27(2)14-12-22)18-8-4-3-5-9-18/h3-10,15H,11-14H2,1-2H3,(H,24,28)(H,23,25,26). The number of anilines is 1. The van der Waals surface area contributed by atoms with Crippen LogP contribution >= 0.6 is 0 Å². The van der Waals surface area contributed by atoms with Crippen LogP contribution in [0.3, 0.4) is 0 Å². The highest BCUT2D eigenvalue weighted by atomic mass is 16.2. The van der Waals surface area contributed by atoms with E-state index in [0.717, 1.165) is 48.6 Å². The van der Waals surface area contributed by atoms with Gasteiger partial charge in [0.25, 0.3) is 0 Å². The number of rotatable bonds is 4. The molecular formula is C22H25N5O. The number of carbonyl (C=O) groups excluding carboxylic acids is 1. The number of H-pyrrole nitrogens is 1. The van der Waals surface area contributed by atoms with E-state index in [1.165, 1.54) is 0 Å². The van der Waals surface area contributed by atoms with E-state index in [0.29, 0.717) is 5.82 Å². The molecule has 144 valence electrons. The van der Waals surface area contributed by atoms with Gasteiger partial charge in [-0.1, -0.05) is 42.5 Å². The van der Waals surface area contributed by atoms with Crippen LogP contribution in [0.15, 0.2) is 54.6 Å². The third kappa shape index (κ3) is 3.55. The first-order valence-corrected chi connectivity index (χ1v) is 9.62. The van der Waals surface area contributed by atoms with Crippen molar-refractivity contribution in [1.82, 2.24) is 20.1 Å². The molecule has 1 aromatic heterocycles. The zero-order chi connectivity index (χ0) is 19.6. The lowest BCUT2D eigenvalue weighted by Crippen LogP contribution is -2.48. The molecule has 0 unspecified atom stereocenters. The summed E-state index contributed by atoms with van der Waals surface area (Å²) in [5, 5.41) is 10.2. The van der Waals surface area contributed by atoms with Gasteiger partial charge in [0.2, 0.25) is 5.91 Å². The molecule has 0 aliphatic carbocycles. The minimum Gasteiger partial charge on any atom is -0.325 e. The van der Waals surface area contributed by atoms with Crippen LogP contribution < -0.4 is 5.32 Å². The smallest absolute Gasteiger partial charge is 0.235 e. The lowest BCUT2D eigenvalue weighted by molar-refractivity contribution is -0.123. The van der Waals surface area contributed by atoms with Crippen molar-refractivity contribution in [3.05, 3.63) is 66.0 Å². The number of nitrogens with zero attached hydrogens (tertiary/aromatic N) is 3. The fourth-order valence-electron chi connectivity index (χ4n) is 3.86. The predicted molar refractivity (Wildman–Crippen MR) is 110 cm³/mol. The molecule has 2 N–H and O–H groups in total. The third-order valence-corrected chi connectivity index (χ3v) is 5.58. The Balaban J connectivity index is 1.62. The Hall–Kier alpha value is -2.99. The van der Waals surface area contributed by atoms with Crippen molar-refractivity contribution in [1.29, 1.82) is 0 Å². The summed E-state index contributed by atoms with van der Waals surface area (Å²) in [6, 6.07) is 17.8. The van der Waals surface area contributed by atoms with Gasteiger partial charge in [-0.05, 0) is 57.6 Å². The molecule has 1 saturated heterocycles. The molecule has 1 fully saturated rings. The number of piperidine rings is 1. The van der Waals surface area contributed by atoms with Crippen LogP contribution in [0.25, 0.3) is 11.4 Å². The number of likely N-dealkylation sites (tertiary alicyclic amines) is 1. The van der Waals surface area contributed by atoms with Gasteiger partial charge in [-0.25, -0.2) is 4.98 Å². The average molecular weight is 375 g/mol. The maximum Gasteiger partial charge on any atom is 0.235 e. The van der Waals surface area contributed by atoms with Crippen molar-refractivity contribution >= 4 is 11.6 Å². The second-order valence-corrected chi connectivity index (χ2v) is 7.53. The first-order chi connectivity index (χ1) is 13.6. The quantitative estimate of drug-likeness (QED) is 0.733. The van der Waals surface area contributed by atoms with Gasteiger partial charge < -0.3 is 10.2 Å². The number of benzene rings is 2. The third-order valence-electron chi connectivity index (χ3n) is 5.58. The summed E-state index contributed by atoms with van der Waals surface area (Å²) >= 11 is 0. The number of hydrogen-bond donors (Lipinski definition) is 2. The molecule has 1 aliphatic heterocycles. The number of amides is 1. The molecule has 28 heavy (non-hydrogen) atoms. The van der Waals surface area contributed by atoms with E-state index >= 15 is 0 Å². The summed E-state index contributed by atoms with van der Waals surface area (Å²) in [5.41, 5.74) is 2.21. The van der Waals surface area contributed by atoms with Crippen molar-refractivity contribution < 1.29 is 4.79 Å². The fourth-order valence-corrected chi connectivity index (χ4v) is 3.86. The topological polar surface area (TPSA) is 73.9 Å². The maximum atomic E-state index is 13.5. The van der Waals surface area contributed by atoms with Gasteiger partial charge in [0.15, 0.2) is 5.82 Å². The van der Waals surface area contributed by atoms with E-state index < -0.39 is 5.41 Å². The summed E-state index contributed by atoms with van der Waals surface area (Å²) in [7, 11) is 2.11. The van der Waals surface area contributed by atoms with Gasteiger partial charge in [0.1, 0.15) is 5.82 Å². The van der Waals surface area contributed by atoms with E-state index in [1.54, 1.807) is 0 Å². The van der Waals surface area contributed by atoms with Crippen molar-refractivity contribution in [3.8, 4) is 11.4 Å². The van der Waals surface area contributed by atoms with E-state index in [1.807, 2.05) is 49.4 Å². The molecule has 0 radical (unpaired) electrons. The predicted octanol–water partition coefficient (Wildman–Crippen LogP) is 3.38. The summed E-state index contributed by atoms with van der Waals surface area (Å²) < 4.78 is 0. The largest absolute Gasteiger partial charge is 0.325 e. The molecule has 3 aromatic rings. The summed E-state index contributed by atoms with van der Waals surface area (Å²) in [6.07, 6.45) is 1.61. The molecule has 0 bridgehead atoms. The van der Waals surface area contributed by atoms with Crippen LogP contribution in [0.5, 0.6) is 0 Å². The zero-order valence-electron chi connectivity index (χ0n) is 16.3. The van der Waals surface area contributed by atoms with Crippen molar-refractivity contribution in [2.45, 2.75) is 25.2 Å². The van der Waals surface area contributed by atoms with E-state index in [9.17, 15) is 4.79 Å². The van der Waals surface area contributed by atoms with Crippen LogP contribution in [0, 0.1) is 6.92 Å². The average Bonchev–Trinajstić information content (AvgIpc) is 3.16. The van der Waals surface area contributed by atoms with Gasteiger partial charge in [0.05, 0.1) is 5.41 Å². The molecule has 0 saturated carbocycles. The summed E-state index contributed by atoms with van der Waals surface area (Å²) in [6.45, 7) is 3.67. The van der Waals surface area contributed by atoms with E-state index in [4.69, 9.17) is 0 Å². The summed E-state index contributed by atoms with van der Waals surface area (Å²) in [4.78, 5) is 20.1. The minimum atomic E-state index is -0.509. The van der Waals surface area contributed by atoms with Crippen LogP contribution in [-0.2, 0) is 10.2 Å². The molecule has 4 rings (SSSR count). The monoisotopic (exact) mass is 375 g/mol. The Labute approximate surface area is 165 Å². The fraction of sp³-hybridized carbons (Fsp3) is 0.318. The molecule has 2 aromatic carbocycles. The van der Waals surface area contributed by atoms with Crippen molar-refractivity contribution in [2.75, 3.05) is 25.5 Å². The van der Waals surface area contributed by atoms with Gasteiger partial charge >= 0.3 is 0 Å². The second-order valence-electron chi connectivity index (χ2n) is 7.53. The molecule has 6 heteroatoms. The van der Waals surface area contributed by atoms with Crippen molar-refractivity contribution in [2.24, 2.45) is 0 Å². The first-order valence-electron chi connectivity index (χ1n) is 9.62. The molecular weight excluding hydrogens is 350 g/mol. The molecule has 0 atom stereocenters. The number of hydrogen-bond acceptors (Lipinski definition) is 4.